The lowest BCUT2D eigenvalue weighted by Crippen LogP contribution is -2.52. The van der Waals surface area contributed by atoms with Crippen LogP contribution < -0.4 is 10.5 Å². The van der Waals surface area contributed by atoms with Gasteiger partial charge in [0, 0.05) is 26.2 Å². The molecule has 1 fully saturated rings. The fourth-order valence-corrected chi connectivity index (χ4v) is 2.77. The second-order valence-electron chi connectivity index (χ2n) is 4.75. The molecule has 9 heteroatoms. The molecule has 0 aromatic heterocycles. The fourth-order valence-electron chi connectivity index (χ4n) is 2.10. The third-order valence-electron chi connectivity index (χ3n) is 3.21. The van der Waals surface area contributed by atoms with E-state index in [-0.39, 0.29) is 31.2 Å². The van der Waals surface area contributed by atoms with Gasteiger partial charge in [0.1, 0.15) is 5.82 Å². The molecule has 0 spiro atoms. The minimum absolute atomic E-state index is 0.0762. The summed E-state index contributed by atoms with van der Waals surface area (Å²) in [5.41, 5.74) is 0.130. The van der Waals surface area contributed by atoms with Crippen molar-refractivity contribution in [1.82, 2.24) is 9.21 Å². The number of carbonyl (C=O) groups excluding carboxylic acids is 1. The molecule has 1 heterocycles. The molecule has 0 aliphatic carbocycles. The van der Waals surface area contributed by atoms with Gasteiger partial charge in [-0.3, -0.25) is 9.69 Å². The predicted octanol–water partition coefficient (Wildman–Crippen LogP) is -0.415. The molecule has 0 saturated carbocycles. The summed E-state index contributed by atoms with van der Waals surface area (Å²) in [6, 6.07) is 5.91. The van der Waals surface area contributed by atoms with Crippen LogP contribution in [0.15, 0.2) is 24.3 Å². The van der Waals surface area contributed by atoms with Gasteiger partial charge in [-0.1, -0.05) is 12.1 Å². The molecule has 116 valence electrons. The molecule has 0 bridgehead atoms. The molecule has 1 aliphatic rings. The quantitative estimate of drug-likeness (QED) is 0.789. The SMILES string of the molecule is NS(=O)(=O)N1CCN(CC(=O)Nc2ccccc2F)CC1. The Morgan fingerprint density at radius 1 is 1.24 bits per heavy atom. The van der Waals surface area contributed by atoms with Crippen LogP contribution in [0.5, 0.6) is 0 Å². The Balaban J connectivity index is 1.84. The maximum atomic E-state index is 13.4. The standard InChI is InChI=1S/C12H17FN4O3S/c13-10-3-1-2-4-11(10)15-12(18)9-16-5-7-17(8-6-16)21(14,19)20/h1-4H,5-9H2,(H,15,18)(H2,14,19,20). The first-order valence-corrected chi connectivity index (χ1v) is 7.91. The number of hydrogen-bond donors (Lipinski definition) is 2. The van der Waals surface area contributed by atoms with Crippen molar-refractivity contribution in [2.45, 2.75) is 0 Å². The van der Waals surface area contributed by atoms with E-state index in [1.54, 1.807) is 11.0 Å². The number of carbonyl (C=O) groups is 1. The molecule has 1 aromatic rings. The zero-order valence-corrected chi connectivity index (χ0v) is 12.1. The Morgan fingerprint density at radius 3 is 2.43 bits per heavy atom. The lowest BCUT2D eigenvalue weighted by molar-refractivity contribution is -0.117. The van der Waals surface area contributed by atoms with Crippen LogP contribution in [-0.2, 0) is 15.0 Å². The number of halogens is 1. The normalized spacial score (nSPS) is 17.6. The van der Waals surface area contributed by atoms with Crippen molar-refractivity contribution in [3.8, 4) is 0 Å². The minimum Gasteiger partial charge on any atom is -0.322 e. The van der Waals surface area contributed by atoms with E-state index in [1.807, 2.05) is 0 Å². The molecular formula is C12H17FN4O3S. The van der Waals surface area contributed by atoms with E-state index in [2.05, 4.69) is 5.32 Å². The summed E-state index contributed by atoms with van der Waals surface area (Å²) in [6.45, 7) is 1.37. The number of piperazine rings is 1. The van der Waals surface area contributed by atoms with Crippen LogP contribution in [0.4, 0.5) is 10.1 Å². The molecular weight excluding hydrogens is 299 g/mol. The van der Waals surface area contributed by atoms with Crippen molar-refractivity contribution < 1.29 is 17.6 Å². The predicted molar refractivity (Wildman–Crippen MR) is 76.1 cm³/mol. The van der Waals surface area contributed by atoms with E-state index in [0.29, 0.717) is 13.1 Å². The van der Waals surface area contributed by atoms with Crippen molar-refractivity contribution in [3.05, 3.63) is 30.1 Å². The van der Waals surface area contributed by atoms with Gasteiger partial charge in [0.05, 0.1) is 12.2 Å². The monoisotopic (exact) mass is 316 g/mol. The van der Waals surface area contributed by atoms with Crippen LogP contribution in [0.3, 0.4) is 0 Å². The van der Waals surface area contributed by atoms with Gasteiger partial charge in [-0.25, -0.2) is 9.53 Å². The first kappa shape index (κ1) is 15.8. The number of nitrogens with zero attached hydrogens (tertiary/aromatic N) is 2. The Hall–Kier alpha value is -1.55. The summed E-state index contributed by atoms with van der Waals surface area (Å²) in [4.78, 5) is 13.6. The first-order valence-electron chi connectivity index (χ1n) is 6.41. The van der Waals surface area contributed by atoms with Gasteiger partial charge in [-0.2, -0.15) is 12.7 Å². The van der Waals surface area contributed by atoms with Gasteiger partial charge in [-0.15, -0.1) is 0 Å². The summed E-state index contributed by atoms with van der Waals surface area (Å²) in [6.07, 6.45) is 0. The number of benzene rings is 1. The molecule has 1 aromatic carbocycles. The molecule has 21 heavy (non-hydrogen) atoms. The lowest BCUT2D eigenvalue weighted by Gasteiger charge is -2.32. The average Bonchev–Trinajstić information content (AvgIpc) is 2.41. The summed E-state index contributed by atoms with van der Waals surface area (Å²) < 4.78 is 36.9. The Bertz CT molecular complexity index is 615. The van der Waals surface area contributed by atoms with Crippen molar-refractivity contribution in [1.29, 1.82) is 0 Å². The van der Waals surface area contributed by atoms with Crippen LogP contribution in [0.25, 0.3) is 0 Å². The molecule has 2 rings (SSSR count). The van der Waals surface area contributed by atoms with E-state index in [9.17, 15) is 17.6 Å². The van der Waals surface area contributed by atoms with Crippen LogP contribution >= 0.6 is 0 Å². The van der Waals surface area contributed by atoms with Gasteiger partial charge >= 0.3 is 0 Å². The van der Waals surface area contributed by atoms with Gasteiger partial charge in [0.2, 0.25) is 5.91 Å². The van der Waals surface area contributed by atoms with Crippen molar-refractivity contribution in [3.63, 3.8) is 0 Å². The first-order chi connectivity index (χ1) is 9.86. The largest absolute Gasteiger partial charge is 0.322 e. The van der Waals surface area contributed by atoms with E-state index < -0.39 is 16.0 Å². The Morgan fingerprint density at radius 2 is 1.86 bits per heavy atom. The van der Waals surface area contributed by atoms with Gasteiger partial charge in [0.15, 0.2) is 0 Å². The van der Waals surface area contributed by atoms with Crippen molar-refractivity contribution in [2.75, 3.05) is 38.0 Å². The smallest absolute Gasteiger partial charge is 0.276 e. The highest BCUT2D eigenvalue weighted by Crippen LogP contribution is 2.12. The van der Waals surface area contributed by atoms with Gasteiger partial charge in [0.25, 0.3) is 10.2 Å². The third kappa shape index (κ3) is 4.46. The summed E-state index contributed by atoms with van der Waals surface area (Å²) in [5, 5.41) is 7.52. The van der Waals surface area contributed by atoms with Crippen LogP contribution in [0.1, 0.15) is 0 Å². The van der Waals surface area contributed by atoms with Crippen LogP contribution in [-0.4, -0.2) is 56.3 Å². The average molecular weight is 316 g/mol. The number of hydrogen-bond acceptors (Lipinski definition) is 4. The highest BCUT2D eigenvalue weighted by atomic mass is 32.2. The second-order valence-corrected chi connectivity index (χ2v) is 6.29. The number of para-hydroxylation sites is 1. The van der Waals surface area contributed by atoms with Crippen LogP contribution in [0, 0.1) is 5.82 Å². The number of amides is 1. The molecule has 7 nitrogen and oxygen atoms in total. The van der Waals surface area contributed by atoms with E-state index in [1.165, 1.54) is 18.2 Å². The molecule has 1 saturated heterocycles. The van der Waals surface area contributed by atoms with Crippen molar-refractivity contribution >= 4 is 21.8 Å². The second kappa shape index (κ2) is 6.48. The number of anilines is 1. The third-order valence-corrected chi connectivity index (χ3v) is 4.29. The zero-order chi connectivity index (χ0) is 15.5. The van der Waals surface area contributed by atoms with Crippen molar-refractivity contribution in [2.24, 2.45) is 5.14 Å². The highest BCUT2D eigenvalue weighted by Gasteiger charge is 2.24. The topological polar surface area (TPSA) is 95.7 Å². The van der Waals surface area contributed by atoms with Gasteiger partial charge < -0.3 is 5.32 Å². The van der Waals surface area contributed by atoms with Gasteiger partial charge in [-0.05, 0) is 12.1 Å². The van der Waals surface area contributed by atoms with E-state index in [0.717, 1.165) is 4.31 Å². The van der Waals surface area contributed by atoms with Crippen LogP contribution in [0.2, 0.25) is 0 Å². The summed E-state index contributed by atoms with van der Waals surface area (Å²) in [5.74, 6) is -0.839. The molecule has 1 amide bonds. The molecule has 3 N–H and O–H groups in total. The fraction of sp³-hybridized carbons (Fsp3) is 0.417. The van der Waals surface area contributed by atoms with E-state index >= 15 is 0 Å². The Labute approximate surface area is 122 Å². The lowest BCUT2D eigenvalue weighted by atomic mass is 10.3. The maximum Gasteiger partial charge on any atom is 0.276 e. The minimum atomic E-state index is -3.68. The number of rotatable bonds is 4. The Kier molecular flexibility index (Phi) is 4.88. The molecule has 0 atom stereocenters. The number of nitrogens with two attached hydrogens (primary N) is 1. The molecule has 0 radical (unpaired) electrons. The van der Waals surface area contributed by atoms with E-state index in [4.69, 9.17) is 5.14 Å². The zero-order valence-electron chi connectivity index (χ0n) is 11.3. The molecule has 0 unspecified atom stereocenters. The molecule has 1 aliphatic heterocycles. The summed E-state index contributed by atoms with van der Waals surface area (Å²) >= 11 is 0. The number of nitrogens with one attached hydrogen (secondary N) is 1. The maximum absolute atomic E-state index is 13.4. The highest BCUT2D eigenvalue weighted by molar-refractivity contribution is 7.86. The summed E-state index contributed by atoms with van der Waals surface area (Å²) in [7, 11) is -3.68.